The molecule has 2 saturated heterocycles. The minimum atomic E-state index is -0.0538. The van der Waals surface area contributed by atoms with Crippen LogP contribution in [0.25, 0.3) is 21.9 Å². The second kappa shape index (κ2) is 8.61. The Bertz CT molecular complexity index is 1410. The zero-order valence-electron chi connectivity index (χ0n) is 18.9. The zero-order valence-corrected chi connectivity index (χ0v) is 18.9. The molecule has 2 fully saturated rings. The Morgan fingerprint density at radius 3 is 2.53 bits per heavy atom. The summed E-state index contributed by atoms with van der Waals surface area (Å²) in [4.78, 5) is 38.0. The van der Waals surface area contributed by atoms with Crippen molar-refractivity contribution in [3.05, 3.63) is 70.6 Å². The van der Waals surface area contributed by atoms with Gasteiger partial charge < -0.3 is 19.5 Å². The Morgan fingerprint density at radius 1 is 0.971 bits per heavy atom. The summed E-state index contributed by atoms with van der Waals surface area (Å²) in [6, 6.07) is 17.8. The van der Waals surface area contributed by atoms with Crippen molar-refractivity contribution >= 4 is 33.7 Å². The molecule has 6 rings (SSSR count). The highest BCUT2D eigenvalue weighted by Crippen LogP contribution is 2.30. The Balaban J connectivity index is 1.29. The molecule has 2 aliphatic rings. The summed E-state index contributed by atoms with van der Waals surface area (Å²) in [6.45, 7) is 3.90. The van der Waals surface area contributed by atoms with Gasteiger partial charge in [0.15, 0.2) is 0 Å². The number of anilines is 1. The average Bonchev–Trinajstić information content (AvgIpc) is 3.24. The summed E-state index contributed by atoms with van der Waals surface area (Å²) in [5.74, 6) is 0.850. The predicted molar refractivity (Wildman–Crippen MR) is 132 cm³/mol. The number of carbonyl (C=O) groups excluding carboxylic acids is 1. The van der Waals surface area contributed by atoms with Crippen LogP contribution in [0.2, 0.25) is 0 Å². The zero-order chi connectivity index (χ0) is 23.1. The maximum atomic E-state index is 13.4. The van der Waals surface area contributed by atoms with Gasteiger partial charge in [0, 0.05) is 37.6 Å². The molecule has 174 valence electrons. The molecule has 1 N–H and O–H groups in total. The Hall–Kier alpha value is -3.65. The molecule has 4 aromatic rings. The number of aromatic amines is 1. The number of pyridine rings is 1. The van der Waals surface area contributed by atoms with E-state index in [1.807, 2.05) is 64.1 Å². The lowest BCUT2D eigenvalue weighted by molar-refractivity contribution is 0.0304. The summed E-state index contributed by atoms with van der Waals surface area (Å²) in [7, 11) is 0. The first-order valence-corrected chi connectivity index (χ1v) is 11.9. The maximum Gasteiger partial charge on any atom is 0.326 e. The number of amides is 1. The number of morpholine rings is 1. The Morgan fingerprint density at radius 2 is 1.71 bits per heavy atom. The van der Waals surface area contributed by atoms with Gasteiger partial charge in [-0.15, -0.1) is 0 Å². The van der Waals surface area contributed by atoms with E-state index in [4.69, 9.17) is 9.72 Å². The number of nitrogens with zero attached hydrogens (tertiary/aromatic N) is 4. The molecule has 2 aliphatic heterocycles. The van der Waals surface area contributed by atoms with Gasteiger partial charge in [-0.25, -0.2) is 9.78 Å². The standard InChI is InChI=1S/C26H27N5O3/c32-25(30-13-15-34-16-14-30)20-17-24(27-21-6-2-1-5-19(20)21)29-11-9-18(10-12-29)31-23-8-4-3-7-22(23)28-26(31)33/h1-8,17-18H,9-16H2,(H,28,33). The highest BCUT2D eigenvalue weighted by Gasteiger charge is 2.27. The van der Waals surface area contributed by atoms with Crippen molar-refractivity contribution in [3.63, 3.8) is 0 Å². The SMILES string of the molecule is O=C(c1cc(N2CCC(n3c(=O)[nH]c4ccccc43)CC2)nc2ccccc12)N1CCOCC1. The monoisotopic (exact) mass is 457 g/mol. The molecule has 0 spiro atoms. The van der Waals surface area contributed by atoms with Crippen LogP contribution in [0.4, 0.5) is 5.82 Å². The van der Waals surface area contributed by atoms with Crippen molar-refractivity contribution in [2.75, 3.05) is 44.3 Å². The van der Waals surface area contributed by atoms with Crippen LogP contribution in [0.5, 0.6) is 0 Å². The number of hydrogen-bond acceptors (Lipinski definition) is 5. The molecule has 0 radical (unpaired) electrons. The largest absolute Gasteiger partial charge is 0.378 e. The lowest BCUT2D eigenvalue weighted by Crippen LogP contribution is -2.41. The molecule has 0 unspecified atom stereocenters. The Kier molecular flexibility index (Phi) is 5.30. The number of ether oxygens (including phenoxy) is 1. The van der Waals surface area contributed by atoms with E-state index < -0.39 is 0 Å². The number of carbonyl (C=O) groups is 1. The fourth-order valence-electron chi connectivity index (χ4n) is 5.23. The van der Waals surface area contributed by atoms with E-state index in [0.29, 0.717) is 31.9 Å². The number of imidazole rings is 1. The number of fused-ring (bicyclic) bond motifs is 2. The first kappa shape index (κ1) is 20.9. The molecule has 8 nitrogen and oxygen atoms in total. The summed E-state index contributed by atoms with van der Waals surface area (Å²) in [5.41, 5.74) is 3.29. The van der Waals surface area contributed by atoms with E-state index in [9.17, 15) is 9.59 Å². The van der Waals surface area contributed by atoms with Crippen LogP contribution in [0, 0.1) is 0 Å². The molecule has 2 aromatic carbocycles. The first-order valence-electron chi connectivity index (χ1n) is 11.9. The fourth-order valence-corrected chi connectivity index (χ4v) is 5.23. The quantitative estimate of drug-likeness (QED) is 0.511. The molecule has 0 bridgehead atoms. The van der Waals surface area contributed by atoms with Gasteiger partial charge in [0.05, 0.1) is 35.3 Å². The highest BCUT2D eigenvalue weighted by atomic mass is 16.5. The van der Waals surface area contributed by atoms with Gasteiger partial charge in [0.25, 0.3) is 5.91 Å². The van der Waals surface area contributed by atoms with E-state index in [-0.39, 0.29) is 17.6 Å². The number of piperidine rings is 1. The van der Waals surface area contributed by atoms with E-state index in [0.717, 1.165) is 53.7 Å². The van der Waals surface area contributed by atoms with E-state index >= 15 is 0 Å². The number of nitrogens with one attached hydrogen (secondary N) is 1. The molecule has 0 aliphatic carbocycles. The molecule has 1 amide bonds. The van der Waals surface area contributed by atoms with Crippen molar-refractivity contribution in [2.24, 2.45) is 0 Å². The van der Waals surface area contributed by atoms with E-state index in [1.54, 1.807) is 0 Å². The van der Waals surface area contributed by atoms with Gasteiger partial charge in [-0.1, -0.05) is 30.3 Å². The van der Waals surface area contributed by atoms with Crippen molar-refractivity contribution < 1.29 is 9.53 Å². The van der Waals surface area contributed by atoms with Crippen LogP contribution in [0.3, 0.4) is 0 Å². The van der Waals surface area contributed by atoms with E-state index in [2.05, 4.69) is 9.88 Å². The molecule has 0 saturated carbocycles. The highest BCUT2D eigenvalue weighted by molar-refractivity contribution is 6.07. The lowest BCUT2D eigenvalue weighted by Gasteiger charge is -2.34. The molecular weight excluding hydrogens is 430 g/mol. The van der Waals surface area contributed by atoms with Crippen LogP contribution in [-0.4, -0.2) is 64.7 Å². The van der Waals surface area contributed by atoms with Gasteiger partial charge in [0.1, 0.15) is 5.82 Å². The second-order valence-electron chi connectivity index (χ2n) is 8.99. The van der Waals surface area contributed by atoms with Gasteiger partial charge in [0.2, 0.25) is 0 Å². The van der Waals surface area contributed by atoms with Gasteiger partial charge >= 0.3 is 5.69 Å². The molecule has 0 atom stereocenters. The molecule has 2 aromatic heterocycles. The molecule has 34 heavy (non-hydrogen) atoms. The minimum absolute atomic E-state index is 0.0309. The number of H-pyrrole nitrogens is 1. The molecular formula is C26H27N5O3. The average molecular weight is 458 g/mol. The van der Waals surface area contributed by atoms with Gasteiger partial charge in [-0.2, -0.15) is 0 Å². The topological polar surface area (TPSA) is 83.5 Å². The third-order valence-electron chi connectivity index (χ3n) is 7.01. The van der Waals surface area contributed by atoms with Crippen LogP contribution in [-0.2, 0) is 4.74 Å². The maximum absolute atomic E-state index is 13.4. The lowest BCUT2D eigenvalue weighted by atomic mass is 10.0. The van der Waals surface area contributed by atoms with Crippen molar-refractivity contribution in [2.45, 2.75) is 18.9 Å². The minimum Gasteiger partial charge on any atom is -0.378 e. The van der Waals surface area contributed by atoms with Crippen molar-refractivity contribution in [1.29, 1.82) is 0 Å². The summed E-state index contributed by atoms with van der Waals surface area (Å²) >= 11 is 0. The second-order valence-corrected chi connectivity index (χ2v) is 8.99. The van der Waals surface area contributed by atoms with Gasteiger partial charge in [-0.3, -0.25) is 9.36 Å². The number of aromatic nitrogens is 3. The number of hydrogen-bond donors (Lipinski definition) is 1. The van der Waals surface area contributed by atoms with Crippen LogP contribution >= 0.6 is 0 Å². The van der Waals surface area contributed by atoms with Gasteiger partial charge in [-0.05, 0) is 37.1 Å². The predicted octanol–water partition coefficient (Wildman–Crippen LogP) is 3.19. The smallest absolute Gasteiger partial charge is 0.326 e. The summed E-state index contributed by atoms with van der Waals surface area (Å²) in [5, 5.41) is 0.878. The van der Waals surface area contributed by atoms with E-state index in [1.165, 1.54) is 0 Å². The van der Waals surface area contributed by atoms with Crippen molar-refractivity contribution in [3.8, 4) is 0 Å². The molecule has 4 heterocycles. The number of para-hydroxylation sites is 3. The fraction of sp³-hybridized carbons (Fsp3) is 0.346. The summed E-state index contributed by atoms with van der Waals surface area (Å²) < 4.78 is 7.32. The van der Waals surface area contributed by atoms with Crippen LogP contribution in [0.1, 0.15) is 29.2 Å². The third-order valence-corrected chi connectivity index (χ3v) is 7.01. The number of benzene rings is 2. The Labute approximate surface area is 196 Å². The normalized spacial score (nSPS) is 17.5. The molecule has 8 heteroatoms. The third kappa shape index (κ3) is 3.64. The first-order chi connectivity index (χ1) is 16.7. The summed E-state index contributed by atoms with van der Waals surface area (Å²) in [6.07, 6.45) is 1.67. The van der Waals surface area contributed by atoms with Crippen LogP contribution < -0.4 is 10.6 Å². The van der Waals surface area contributed by atoms with Crippen LogP contribution in [0.15, 0.2) is 59.4 Å². The van der Waals surface area contributed by atoms with Crippen molar-refractivity contribution in [1.82, 2.24) is 19.4 Å². The number of rotatable bonds is 3.